The van der Waals surface area contributed by atoms with Crippen LogP contribution in [0.3, 0.4) is 0 Å². The summed E-state index contributed by atoms with van der Waals surface area (Å²) in [6.07, 6.45) is 3.12. The van der Waals surface area contributed by atoms with Gasteiger partial charge in [0, 0.05) is 23.1 Å². The zero-order valence-corrected chi connectivity index (χ0v) is 12.7. The molecule has 0 heterocycles. The average Bonchev–Trinajstić information content (AvgIpc) is 2.55. The van der Waals surface area contributed by atoms with E-state index in [2.05, 4.69) is 61.8 Å². The van der Waals surface area contributed by atoms with Crippen molar-refractivity contribution in [1.82, 2.24) is 0 Å². The maximum atomic E-state index is 3.20. The summed E-state index contributed by atoms with van der Waals surface area (Å²) in [7, 11) is 0. The SMILES string of the molecule is CCCC#Cc1ccc(C#Cc2ccc(CC)cc2)cc1. The molecule has 0 aliphatic rings. The van der Waals surface area contributed by atoms with Gasteiger partial charge in [-0.25, -0.2) is 0 Å². The third-order valence-electron chi connectivity index (χ3n) is 3.21. The lowest BCUT2D eigenvalue weighted by molar-refractivity contribution is 0.983. The first kappa shape index (κ1) is 15.0. The van der Waals surface area contributed by atoms with Crippen molar-refractivity contribution in [3.63, 3.8) is 0 Å². The van der Waals surface area contributed by atoms with Crippen LogP contribution in [-0.4, -0.2) is 0 Å². The summed E-state index contributed by atoms with van der Waals surface area (Å²) in [5, 5.41) is 0. The van der Waals surface area contributed by atoms with E-state index in [0.717, 1.165) is 36.0 Å². The molecule has 0 saturated carbocycles. The van der Waals surface area contributed by atoms with Crippen LogP contribution in [0.15, 0.2) is 48.5 Å². The predicted octanol–water partition coefficient (Wildman–Crippen LogP) is 4.80. The van der Waals surface area contributed by atoms with Gasteiger partial charge in [0.15, 0.2) is 0 Å². The Balaban J connectivity index is 2.06. The zero-order valence-electron chi connectivity index (χ0n) is 12.7. The summed E-state index contributed by atoms with van der Waals surface area (Å²) < 4.78 is 0. The van der Waals surface area contributed by atoms with Crippen LogP contribution in [0.25, 0.3) is 0 Å². The minimum Gasteiger partial charge on any atom is -0.0979 e. The van der Waals surface area contributed by atoms with E-state index >= 15 is 0 Å². The van der Waals surface area contributed by atoms with E-state index in [1.54, 1.807) is 0 Å². The average molecular weight is 272 g/mol. The molecule has 0 nitrogen and oxygen atoms in total. The van der Waals surface area contributed by atoms with Gasteiger partial charge in [0.25, 0.3) is 0 Å². The van der Waals surface area contributed by atoms with Crippen LogP contribution in [0.5, 0.6) is 0 Å². The van der Waals surface area contributed by atoms with Crippen molar-refractivity contribution in [3.05, 3.63) is 70.8 Å². The highest BCUT2D eigenvalue weighted by Crippen LogP contribution is 2.05. The molecular formula is C21H20. The lowest BCUT2D eigenvalue weighted by Crippen LogP contribution is -1.81. The van der Waals surface area contributed by atoms with E-state index < -0.39 is 0 Å². The number of rotatable bonds is 2. The molecule has 0 spiro atoms. The van der Waals surface area contributed by atoms with Crippen molar-refractivity contribution >= 4 is 0 Å². The molecule has 104 valence electrons. The fourth-order valence-electron chi connectivity index (χ4n) is 1.89. The highest BCUT2D eigenvalue weighted by atomic mass is 13.9. The molecule has 2 aromatic rings. The molecule has 0 saturated heterocycles. The first-order valence-corrected chi connectivity index (χ1v) is 7.51. The number of benzene rings is 2. The van der Waals surface area contributed by atoms with Gasteiger partial charge in [-0.2, -0.15) is 0 Å². The monoisotopic (exact) mass is 272 g/mol. The lowest BCUT2D eigenvalue weighted by Gasteiger charge is -1.95. The largest absolute Gasteiger partial charge is 0.0979 e. The molecule has 0 heteroatoms. The Morgan fingerprint density at radius 1 is 0.667 bits per heavy atom. The fraction of sp³-hybridized carbons (Fsp3) is 0.238. The number of hydrogen-bond acceptors (Lipinski definition) is 0. The second-order valence-electron chi connectivity index (χ2n) is 4.93. The lowest BCUT2D eigenvalue weighted by atomic mass is 10.1. The van der Waals surface area contributed by atoms with Gasteiger partial charge in [-0.1, -0.05) is 49.7 Å². The molecule has 0 atom stereocenters. The van der Waals surface area contributed by atoms with E-state index in [4.69, 9.17) is 0 Å². The Hall–Kier alpha value is -2.44. The van der Waals surface area contributed by atoms with Gasteiger partial charge < -0.3 is 0 Å². The smallest absolute Gasteiger partial charge is 0.0249 e. The van der Waals surface area contributed by atoms with Crippen LogP contribution in [-0.2, 0) is 6.42 Å². The topological polar surface area (TPSA) is 0 Å². The van der Waals surface area contributed by atoms with Crippen molar-refractivity contribution < 1.29 is 0 Å². The molecule has 2 aromatic carbocycles. The summed E-state index contributed by atoms with van der Waals surface area (Å²) in [5.41, 5.74) is 4.48. The fourth-order valence-corrected chi connectivity index (χ4v) is 1.89. The molecule has 0 fully saturated rings. The van der Waals surface area contributed by atoms with Crippen LogP contribution in [0.4, 0.5) is 0 Å². The van der Waals surface area contributed by atoms with Gasteiger partial charge in [-0.3, -0.25) is 0 Å². The standard InChI is InChI=1S/C21H20/c1-3-5-6-7-19-12-14-21(15-13-19)17-16-20-10-8-18(4-2)9-11-20/h8-15H,3-5H2,1-2H3. The summed E-state index contributed by atoms with van der Waals surface area (Å²) in [4.78, 5) is 0. The van der Waals surface area contributed by atoms with Crippen LogP contribution in [0, 0.1) is 23.7 Å². The van der Waals surface area contributed by atoms with Gasteiger partial charge >= 0.3 is 0 Å². The molecule has 0 radical (unpaired) electrons. The predicted molar refractivity (Wildman–Crippen MR) is 90.0 cm³/mol. The molecule has 0 amide bonds. The Bertz CT molecular complexity index is 680. The summed E-state index contributed by atoms with van der Waals surface area (Å²) >= 11 is 0. The van der Waals surface area contributed by atoms with E-state index in [-0.39, 0.29) is 0 Å². The molecule has 0 N–H and O–H groups in total. The summed E-state index contributed by atoms with van der Waals surface area (Å²) in [5.74, 6) is 12.7. The van der Waals surface area contributed by atoms with Crippen molar-refractivity contribution in [2.45, 2.75) is 33.1 Å². The molecule has 0 aliphatic carbocycles. The Kier molecular flexibility index (Phi) is 5.69. The first-order valence-electron chi connectivity index (χ1n) is 7.51. The molecule has 21 heavy (non-hydrogen) atoms. The van der Waals surface area contributed by atoms with Crippen molar-refractivity contribution in [2.75, 3.05) is 0 Å². The van der Waals surface area contributed by atoms with E-state index in [0.29, 0.717) is 0 Å². The van der Waals surface area contributed by atoms with Gasteiger partial charge in [0.05, 0.1) is 0 Å². The van der Waals surface area contributed by atoms with E-state index in [1.165, 1.54) is 5.56 Å². The third-order valence-corrected chi connectivity index (χ3v) is 3.21. The molecule has 0 aliphatic heterocycles. The maximum Gasteiger partial charge on any atom is 0.0249 e. The summed E-state index contributed by atoms with van der Waals surface area (Å²) in [6, 6.07) is 16.6. The van der Waals surface area contributed by atoms with Crippen molar-refractivity contribution in [1.29, 1.82) is 0 Å². The zero-order chi connectivity index (χ0) is 14.9. The first-order chi connectivity index (χ1) is 10.3. The minimum absolute atomic E-state index is 0.954. The van der Waals surface area contributed by atoms with Gasteiger partial charge in [0.2, 0.25) is 0 Å². The quantitative estimate of drug-likeness (QED) is 0.689. The van der Waals surface area contributed by atoms with Gasteiger partial charge in [-0.05, 0) is 54.8 Å². The van der Waals surface area contributed by atoms with E-state index in [9.17, 15) is 0 Å². The number of unbranched alkanes of at least 4 members (excludes halogenated alkanes) is 1. The van der Waals surface area contributed by atoms with Gasteiger partial charge in [-0.15, -0.1) is 0 Å². The van der Waals surface area contributed by atoms with E-state index in [1.807, 2.05) is 24.3 Å². The molecule has 2 rings (SSSR count). The minimum atomic E-state index is 0.954. The van der Waals surface area contributed by atoms with Crippen LogP contribution in [0.1, 0.15) is 48.9 Å². The van der Waals surface area contributed by atoms with Gasteiger partial charge in [0.1, 0.15) is 0 Å². The number of aryl methyl sites for hydroxylation is 1. The highest BCUT2D eigenvalue weighted by molar-refractivity contribution is 5.46. The highest BCUT2D eigenvalue weighted by Gasteiger charge is 1.91. The van der Waals surface area contributed by atoms with Crippen molar-refractivity contribution in [3.8, 4) is 23.7 Å². The third kappa shape index (κ3) is 4.87. The van der Waals surface area contributed by atoms with Crippen molar-refractivity contribution in [2.24, 2.45) is 0 Å². The Labute approximate surface area is 128 Å². The second-order valence-corrected chi connectivity index (χ2v) is 4.93. The number of hydrogen-bond donors (Lipinski definition) is 0. The molecule has 0 unspecified atom stereocenters. The summed E-state index contributed by atoms with van der Waals surface area (Å²) in [6.45, 7) is 4.30. The second kappa shape index (κ2) is 7.98. The van der Waals surface area contributed by atoms with Crippen LogP contribution >= 0.6 is 0 Å². The Morgan fingerprint density at radius 2 is 1.14 bits per heavy atom. The van der Waals surface area contributed by atoms with Crippen LogP contribution in [0.2, 0.25) is 0 Å². The molecular weight excluding hydrogens is 252 g/mol. The Morgan fingerprint density at radius 3 is 1.62 bits per heavy atom. The molecule has 0 bridgehead atoms. The maximum absolute atomic E-state index is 3.20. The molecule has 0 aromatic heterocycles. The normalized spacial score (nSPS) is 9.24. The van der Waals surface area contributed by atoms with Crippen LogP contribution < -0.4 is 0 Å².